The highest BCUT2D eigenvalue weighted by Crippen LogP contribution is 2.49. The van der Waals surface area contributed by atoms with E-state index in [0.29, 0.717) is 30.8 Å². The summed E-state index contributed by atoms with van der Waals surface area (Å²) in [5.41, 5.74) is 0. The first-order valence-corrected chi connectivity index (χ1v) is 9.23. The van der Waals surface area contributed by atoms with E-state index in [9.17, 15) is 13.5 Å². The summed E-state index contributed by atoms with van der Waals surface area (Å²) in [6.07, 6.45) is 5.95. The highest BCUT2D eigenvalue weighted by atomic mass is 32.2. The highest BCUT2D eigenvalue weighted by Gasteiger charge is 2.52. The van der Waals surface area contributed by atoms with Gasteiger partial charge in [0, 0.05) is 19.0 Å². The first kappa shape index (κ1) is 12.6. The van der Waals surface area contributed by atoms with Crippen LogP contribution in [0.1, 0.15) is 38.5 Å². The van der Waals surface area contributed by atoms with Crippen molar-refractivity contribution in [3.05, 3.63) is 0 Å². The SMILES string of the molecule is O=S(=O)(C1C[C@@H]2CC[C@H]1C2)N1CC2CCC(O)C2C1. The minimum absolute atomic E-state index is 0.109. The van der Waals surface area contributed by atoms with Crippen LogP contribution in [0.4, 0.5) is 0 Å². The molecule has 3 aliphatic carbocycles. The van der Waals surface area contributed by atoms with E-state index < -0.39 is 10.0 Å². The Balaban J connectivity index is 1.53. The van der Waals surface area contributed by atoms with Crippen LogP contribution in [0.15, 0.2) is 0 Å². The summed E-state index contributed by atoms with van der Waals surface area (Å²) < 4.78 is 27.3. The number of fused-ring (bicyclic) bond motifs is 3. The van der Waals surface area contributed by atoms with E-state index >= 15 is 0 Å². The van der Waals surface area contributed by atoms with Crippen molar-refractivity contribution in [3.63, 3.8) is 0 Å². The second kappa shape index (κ2) is 4.18. The lowest BCUT2D eigenvalue weighted by molar-refractivity contribution is 0.129. The molecular weight excluding hydrogens is 262 g/mol. The fraction of sp³-hybridized carbons (Fsp3) is 1.00. The van der Waals surface area contributed by atoms with Crippen LogP contribution >= 0.6 is 0 Å². The zero-order valence-electron chi connectivity index (χ0n) is 11.2. The molecule has 4 fully saturated rings. The molecule has 0 spiro atoms. The largest absolute Gasteiger partial charge is 0.393 e. The van der Waals surface area contributed by atoms with E-state index in [4.69, 9.17) is 0 Å². The molecule has 1 N–H and O–H groups in total. The third kappa shape index (κ3) is 1.81. The molecular formula is C14H23NO3S. The van der Waals surface area contributed by atoms with Crippen molar-refractivity contribution in [1.29, 1.82) is 0 Å². The van der Waals surface area contributed by atoms with E-state index in [1.165, 1.54) is 6.42 Å². The van der Waals surface area contributed by atoms with Gasteiger partial charge in [0.25, 0.3) is 0 Å². The summed E-state index contributed by atoms with van der Waals surface area (Å²) in [6.45, 7) is 1.24. The number of hydrogen-bond donors (Lipinski definition) is 1. The van der Waals surface area contributed by atoms with Crippen LogP contribution in [0.25, 0.3) is 0 Å². The molecule has 4 aliphatic rings. The summed E-state index contributed by atoms with van der Waals surface area (Å²) in [4.78, 5) is 0. The van der Waals surface area contributed by atoms with Gasteiger partial charge in [-0.2, -0.15) is 0 Å². The molecule has 4 rings (SSSR count). The molecule has 6 atom stereocenters. The van der Waals surface area contributed by atoms with E-state index in [0.717, 1.165) is 32.1 Å². The Kier molecular flexibility index (Phi) is 2.77. The molecule has 4 unspecified atom stereocenters. The van der Waals surface area contributed by atoms with Gasteiger partial charge >= 0.3 is 0 Å². The number of nitrogens with zero attached hydrogens (tertiary/aromatic N) is 1. The quantitative estimate of drug-likeness (QED) is 0.829. The van der Waals surface area contributed by atoms with Gasteiger partial charge in [0.1, 0.15) is 0 Å². The van der Waals surface area contributed by atoms with Gasteiger partial charge in [-0.05, 0) is 49.9 Å². The molecule has 4 nitrogen and oxygen atoms in total. The van der Waals surface area contributed by atoms with Gasteiger partial charge < -0.3 is 5.11 Å². The van der Waals surface area contributed by atoms with Crippen molar-refractivity contribution in [2.75, 3.05) is 13.1 Å². The highest BCUT2D eigenvalue weighted by molar-refractivity contribution is 7.89. The van der Waals surface area contributed by atoms with Gasteiger partial charge in [0.15, 0.2) is 0 Å². The van der Waals surface area contributed by atoms with E-state index in [2.05, 4.69) is 0 Å². The fourth-order valence-corrected chi connectivity index (χ4v) is 7.56. The summed E-state index contributed by atoms with van der Waals surface area (Å²) in [5, 5.41) is 9.82. The van der Waals surface area contributed by atoms with Crippen LogP contribution in [-0.4, -0.2) is 42.3 Å². The van der Waals surface area contributed by atoms with Crippen molar-refractivity contribution < 1.29 is 13.5 Å². The van der Waals surface area contributed by atoms with Crippen LogP contribution in [0.2, 0.25) is 0 Å². The minimum Gasteiger partial charge on any atom is -0.393 e. The summed E-state index contributed by atoms with van der Waals surface area (Å²) in [6, 6.07) is 0. The Hall–Kier alpha value is -0.130. The van der Waals surface area contributed by atoms with Crippen molar-refractivity contribution in [1.82, 2.24) is 4.31 Å². The topological polar surface area (TPSA) is 57.6 Å². The summed E-state index contributed by atoms with van der Waals surface area (Å²) in [5.74, 6) is 1.69. The molecule has 0 amide bonds. The van der Waals surface area contributed by atoms with Crippen molar-refractivity contribution in [2.24, 2.45) is 23.7 Å². The predicted molar refractivity (Wildman–Crippen MR) is 71.9 cm³/mol. The number of aliphatic hydroxyl groups excluding tert-OH is 1. The predicted octanol–water partition coefficient (Wildman–Crippen LogP) is 1.21. The molecule has 1 aliphatic heterocycles. The molecule has 0 aromatic carbocycles. The second-order valence-electron chi connectivity index (χ2n) is 7.14. The lowest BCUT2D eigenvalue weighted by Gasteiger charge is -2.27. The zero-order valence-corrected chi connectivity index (χ0v) is 12.1. The fourth-order valence-electron chi connectivity index (χ4n) is 5.15. The average molecular weight is 285 g/mol. The van der Waals surface area contributed by atoms with Crippen molar-refractivity contribution in [2.45, 2.75) is 49.9 Å². The summed E-state index contributed by atoms with van der Waals surface area (Å²) >= 11 is 0. The molecule has 108 valence electrons. The van der Waals surface area contributed by atoms with Crippen molar-refractivity contribution >= 4 is 10.0 Å². The van der Waals surface area contributed by atoms with Crippen LogP contribution in [0.3, 0.4) is 0 Å². The van der Waals surface area contributed by atoms with Gasteiger partial charge in [0.05, 0.1) is 11.4 Å². The number of sulfonamides is 1. The van der Waals surface area contributed by atoms with Gasteiger partial charge in [-0.3, -0.25) is 0 Å². The van der Waals surface area contributed by atoms with Crippen LogP contribution in [-0.2, 0) is 10.0 Å². The Labute approximate surface area is 115 Å². The minimum atomic E-state index is -3.11. The Morgan fingerprint density at radius 3 is 2.37 bits per heavy atom. The van der Waals surface area contributed by atoms with E-state index in [1.807, 2.05) is 0 Å². The number of hydrogen-bond acceptors (Lipinski definition) is 3. The monoisotopic (exact) mass is 285 g/mol. The van der Waals surface area contributed by atoms with Gasteiger partial charge in [-0.1, -0.05) is 6.42 Å². The van der Waals surface area contributed by atoms with Crippen molar-refractivity contribution in [3.8, 4) is 0 Å². The lowest BCUT2D eigenvalue weighted by atomic mass is 10.00. The van der Waals surface area contributed by atoms with Gasteiger partial charge in [0.2, 0.25) is 10.0 Å². The molecule has 2 bridgehead atoms. The van der Waals surface area contributed by atoms with Crippen LogP contribution in [0.5, 0.6) is 0 Å². The number of aliphatic hydroxyl groups is 1. The van der Waals surface area contributed by atoms with Crippen LogP contribution < -0.4 is 0 Å². The first-order chi connectivity index (χ1) is 9.05. The van der Waals surface area contributed by atoms with Gasteiger partial charge in [-0.25, -0.2) is 12.7 Å². The van der Waals surface area contributed by atoms with Crippen LogP contribution in [0, 0.1) is 23.7 Å². The second-order valence-corrected chi connectivity index (χ2v) is 9.30. The van der Waals surface area contributed by atoms with Gasteiger partial charge in [-0.15, -0.1) is 0 Å². The molecule has 19 heavy (non-hydrogen) atoms. The lowest BCUT2D eigenvalue weighted by Crippen LogP contribution is -2.40. The molecule has 0 aromatic heterocycles. The molecule has 1 heterocycles. The zero-order chi connectivity index (χ0) is 13.2. The molecule has 3 saturated carbocycles. The Bertz CT molecular complexity index is 477. The first-order valence-electron chi connectivity index (χ1n) is 7.72. The Morgan fingerprint density at radius 2 is 1.74 bits per heavy atom. The molecule has 1 saturated heterocycles. The van der Waals surface area contributed by atoms with E-state index in [1.54, 1.807) is 4.31 Å². The maximum absolute atomic E-state index is 12.8. The van der Waals surface area contributed by atoms with E-state index in [-0.39, 0.29) is 17.3 Å². The summed E-state index contributed by atoms with van der Waals surface area (Å²) in [7, 11) is -3.11. The molecule has 0 aromatic rings. The molecule has 5 heteroatoms. The third-order valence-electron chi connectivity index (χ3n) is 6.20. The number of rotatable bonds is 2. The third-order valence-corrected chi connectivity index (χ3v) is 8.56. The Morgan fingerprint density at radius 1 is 0.947 bits per heavy atom. The standard InChI is InChI=1S/C14H23NO3S/c16-13-4-3-11-7-15(8-12(11)13)19(17,18)14-6-9-1-2-10(14)5-9/h9-14,16H,1-8H2/t9-,10+,11?,12?,13?,14?/m1/s1. The normalized spacial score (nSPS) is 49.9. The molecule has 0 radical (unpaired) electrons. The maximum Gasteiger partial charge on any atom is 0.217 e. The smallest absolute Gasteiger partial charge is 0.217 e. The maximum atomic E-state index is 12.8. The average Bonchev–Trinajstić information content (AvgIpc) is 3.10.